The van der Waals surface area contributed by atoms with Crippen LogP contribution in [0.3, 0.4) is 0 Å². The molecule has 4 rings (SSSR count). The lowest BCUT2D eigenvalue weighted by Gasteiger charge is -2.29. The van der Waals surface area contributed by atoms with Gasteiger partial charge < -0.3 is 4.90 Å². The first-order valence-corrected chi connectivity index (χ1v) is 11.4. The summed E-state index contributed by atoms with van der Waals surface area (Å²) in [5.74, 6) is -0.299. The van der Waals surface area contributed by atoms with E-state index in [-0.39, 0.29) is 34.1 Å². The molecule has 0 N–H and O–H groups in total. The number of carbonyl (C=O) groups is 1. The summed E-state index contributed by atoms with van der Waals surface area (Å²) in [6.45, 7) is 1.61. The van der Waals surface area contributed by atoms with Gasteiger partial charge in [0, 0.05) is 11.7 Å². The van der Waals surface area contributed by atoms with Gasteiger partial charge >= 0.3 is 0 Å². The number of anilines is 2. The second-order valence-electron chi connectivity index (χ2n) is 7.22. The molecule has 0 spiro atoms. The highest BCUT2D eigenvalue weighted by Gasteiger charge is 2.35. The van der Waals surface area contributed by atoms with Gasteiger partial charge in [0.2, 0.25) is 5.91 Å². The first kappa shape index (κ1) is 20.4. The zero-order valence-corrected chi connectivity index (χ0v) is 18.0. The van der Waals surface area contributed by atoms with Crippen molar-refractivity contribution < 1.29 is 13.2 Å². The minimum atomic E-state index is -3.99. The Morgan fingerprint density at radius 1 is 1.00 bits per heavy atom. The molecule has 0 aliphatic carbocycles. The number of amides is 1. The molecule has 1 unspecified atom stereocenters. The molecule has 1 aliphatic rings. The van der Waals surface area contributed by atoms with E-state index in [4.69, 9.17) is 11.6 Å². The van der Waals surface area contributed by atoms with E-state index in [1.165, 1.54) is 12.1 Å². The van der Waals surface area contributed by atoms with Crippen LogP contribution >= 0.6 is 11.6 Å². The quantitative estimate of drug-likeness (QED) is 0.586. The van der Waals surface area contributed by atoms with E-state index in [0.29, 0.717) is 0 Å². The number of hydrogen-bond acceptors (Lipinski definition) is 3. The Morgan fingerprint density at radius 3 is 2.37 bits per heavy atom. The van der Waals surface area contributed by atoms with Gasteiger partial charge in [0.1, 0.15) is 6.54 Å². The van der Waals surface area contributed by atoms with Crippen molar-refractivity contribution in [3.8, 4) is 0 Å². The number of hydrogen-bond donors (Lipinski definition) is 0. The van der Waals surface area contributed by atoms with Crippen LogP contribution in [0.2, 0.25) is 5.02 Å². The Balaban J connectivity index is 1.75. The Hall–Kier alpha value is -2.83. The van der Waals surface area contributed by atoms with Crippen molar-refractivity contribution in [2.24, 2.45) is 0 Å². The average Bonchev–Trinajstić information content (AvgIpc) is 3.09. The maximum Gasteiger partial charge on any atom is 0.264 e. The number of para-hydroxylation sites is 2. The molecule has 0 bridgehead atoms. The molecule has 0 aromatic heterocycles. The van der Waals surface area contributed by atoms with Gasteiger partial charge in [0.25, 0.3) is 10.0 Å². The van der Waals surface area contributed by atoms with E-state index < -0.39 is 10.0 Å². The van der Waals surface area contributed by atoms with Gasteiger partial charge in [-0.05, 0) is 49.2 Å². The second-order valence-corrected chi connectivity index (χ2v) is 9.49. The molecule has 3 aromatic carbocycles. The van der Waals surface area contributed by atoms with Crippen LogP contribution in [0.25, 0.3) is 0 Å². The molecule has 1 atom stereocenters. The molecule has 5 nitrogen and oxygen atoms in total. The summed E-state index contributed by atoms with van der Waals surface area (Å²) in [6, 6.07) is 22.4. The Bertz CT molecular complexity index is 1180. The number of rotatable bonds is 5. The fraction of sp³-hybridized carbons (Fsp3) is 0.174. The van der Waals surface area contributed by atoms with Crippen LogP contribution in [0.15, 0.2) is 83.8 Å². The Kier molecular flexibility index (Phi) is 5.54. The maximum absolute atomic E-state index is 13.5. The molecule has 0 saturated heterocycles. The SMILES string of the molecule is CC1Cc2ccccc2N1C(=O)CN(c1ccccc1Cl)S(=O)(=O)c1ccccc1. The van der Waals surface area contributed by atoms with Crippen LogP contribution in [0.1, 0.15) is 12.5 Å². The predicted octanol–water partition coefficient (Wildman–Crippen LogP) is 4.51. The maximum atomic E-state index is 13.5. The standard InChI is InChI=1S/C23H21ClN2O3S/c1-17-15-18-9-5-7-13-21(18)26(17)23(27)16-25(22-14-8-6-12-20(22)24)30(28,29)19-10-3-2-4-11-19/h2-14,17H,15-16H2,1H3. The normalized spacial score (nSPS) is 15.7. The predicted molar refractivity (Wildman–Crippen MR) is 120 cm³/mol. The van der Waals surface area contributed by atoms with Crippen molar-refractivity contribution >= 4 is 38.9 Å². The summed E-state index contributed by atoms with van der Waals surface area (Å²) in [4.78, 5) is 15.2. The van der Waals surface area contributed by atoms with Gasteiger partial charge in [0.05, 0.1) is 15.6 Å². The minimum Gasteiger partial charge on any atom is -0.307 e. The molecule has 30 heavy (non-hydrogen) atoms. The summed E-state index contributed by atoms with van der Waals surface area (Å²) in [7, 11) is -3.99. The van der Waals surface area contributed by atoms with Gasteiger partial charge in [-0.15, -0.1) is 0 Å². The summed E-state index contributed by atoms with van der Waals surface area (Å²) in [5, 5.41) is 0.264. The molecule has 154 valence electrons. The third-order valence-electron chi connectivity index (χ3n) is 5.21. The van der Waals surface area contributed by atoms with E-state index in [9.17, 15) is 13.2 Å². The van der Waals surface area contributed by atoms with Crippen LogP contribution in [0.5, 0.6) is 0 Å². The van der Waals surface area contributed by atoms with Gasteiger partial charge in [-0.25, -0.2) is 8.42 Å². The lowest BCUT2D eigenvalue weighted by molar-refractivity contribution is -0.117. The highest BCUT2D eigenvalue weighted by Crippen LogP contribution is 2.34. The monoisotopic (exact) mass is 440 g/mol. The Morgan fingerprint density at radius 2 is 1.63 bits per heavy atom. The van der Waals surface area contributed by atoms with E-state index in [0.717, 1.165) is 22.0 Å². The first-order chi connectivity index (χ1) is 14.4. The number of fused-ring (bicyclic) bond motifs is 1. The molecule has 0 radical (unpaired) electrons. The largest absolute Gasteiger partial charge is 0.307 e. The lowest BCUT2D eigenvalue weighted by Crippen LogP contribution is -2.45. The van der Waals surface area contributed by atoms with E-state index >= 15 is 0 Å². The lowest BCUT2D eigenvalue weighted by atomic mass is 10.1. The van der Waals surface area contributed by atoms with Crippen molar-refractivity contribution in [1.82, 2.24) is 0 Å². The zero-order chi connectivity index (χ0) is 21.3. The number of carbonyl (C=O) groups excluding carboxylic acids is 1. The third kappa shape index (κ3) is 3.68. The average molecular weight is 441 g/mol. The van der Waals surface area contributed by atoms with E-state index in [1.807, 2.05) is 31.2 Å². The molecular weight excluding hydrogens is 420 g/mol. The van der Waals surface area contributed by atoms with Crippen LogP contribution in [0.4, 0.5) is 11.4 Å². The third-order valence-corrected chi connectivity index (χ3v) is 7.30. The fourth-order valence-corrected chi connectivity index (χ4v) is 5.56. The second kappa shape index (κ2) is 8.13. The van der Waals surface area contributed by atoms with Crippen LogP contribution in [0, 0.1) is 0 Å². The summed E-state index contributed by atoms with van der Waals surface area (Å²) < 4.78 is 28.0. The molecule has 0 saturated carbocycles. The van der Waals surface area contributed by atoms with Gasteiger partial charge in [0.15, 0.2) is 0 Å². The summed E-state index contributed by atoms with van der Waals surface area (Å²) >= 11 is 6.33. The highest BCUT2D eigenvalue weighted by molar-refractivity contribution is 7.92. The molecule has 0 fully saturated rings. The van der Waals surface area contributed by atoms with Crippen LogP contribution in [-0.2, 0) is 21.2 Å². The summed E-state index contributed by atoms with van der Waals surface area (Å²) in [6.07, 6.45) is 0.736. The van der Waals surface area contributed by atoms with E-state index in [2.05, 4.69) is 0 Å². The highest BCUT2D eigenvalue weighted by atomic mass is 35.5. The number of benzene rings is 3. The number of halogens is 1. The van der Waals surface area contributed by atoms with Gasteiger partial charge in [-0.2, -0.15) is 0 Å². The molecular formula is C23H21ClN2O3S. The van der Waals surface area contributed by atoms with Crippen molar-refractivity contribution in [3.05, 3.63) is 89.4 Å². The topological polar surface area (TPSA) is 57.7 Å². The van der Waals surface area contributed by atoms with Crippen molar-refractivity contribution in [2.45, 2.75) is 24.3 Å². The fourth-order valence-electron chi connectivity index (χ4n) is 3.82. The number of sulfonamides is 1. The first-order valence-electron chi connectivity index (χ1n) is 9.62. The minimum absolute atomic E-state index is 0.0533. The molecule has 3 aromatic rings. The smallest absolute Gasteiger partial charge is 0.264 e. The molecule has 7 heteroatoms. The van der Waals surface area contributed by atoms with Gasteiger partial charge in [-0.1, -0.05) is 60.1 Å². The Labute approximate surface area is 181 Å². The molecule has 1 heterocycles. The van der Waals surface area contributed by atoms with Crippen molar-refractivity contribution in [2.75, 3.05) is 15.7 Å². The number of nitrogens with zero attached hydrogens (tertiary/aromatic N) is 2. The van der Waals surface area contributed by atoms with E-state index in [1.54, 1.807) is 47.4 Å². The molecule has 1 aliphatic heterocycles. The zero-order valence-electron chi connectivity index (χ0n) is 16.4. The van der Waals surface area contributed by atoms with Crippen molar-refractivity contribution in [1.29, 1.82) is 0 Å². The summed E-state index contributed by atoms with van der Waals surface area (Å²) in [5.41, 5.74) is 2.18. The van der Waals surface area contributed by atoms with Gasteiger partial charge in [-0.3, -0.25) is 9.10 Å². The van der Waals surface area contributed by atoms with Crippen molar-refractivity contribution in [3.63, 3.8) is 0 Å². The molecule has 1 amide bonds. The van der Waals surface area contributed by atoms with Crippen LogP contribution < -0.4 is 9.21 Å². The van der Waals surface area contributed by atoms with Crippen LogP contribution in [-0.4, -0.2) is 26.9 Å².